The van der Waals surface area contributed by atoms with Crippen LogP contribution in [0.15, 0.2) is 12.1 Å². The molecule has 1 unspecified atom stereocenters. The fourth-order valence-corrected chi connectivity index (χ4v) is 2.36. The van der Waals surface area contributed by atoms with Gasteiger partial charge >= 0.3 is 0 Å². The van der Waals surface area contributed by atoms with Crippen molar-refractivity contribution in [1.29, 1.82) is 0 Å². The second-order valence-electron chi connectivity index (χ2n) is 5.18. The summed E-state index contributed by atoms with van der Waals surface area (Å²) in [5.41, 5.74) is 0.994. The Kier molecular flexibility index (Phi) is 12.9. The number of hydrogen-bond donors (Lipinski definition) is 0. The molecule has 0 N–H and O–H groups in total. The molecule has 7 heteroatoms. The SMILES string of the molecule is CCOC(CCCc1cc(OC)c(OC)c(OC)c1)C(=O)C=O.CC[O]. The van der Waals surface area contributed by atoms with Gasteiger partial charge in [0.15, 0.2) is 17.8 Å². The molecule has 26 heavy (non-hydrogen) atoms. The van der Waals surface area contributed by atoms with E-state index >= 15 is 0 Å². The molecule has 0 amide bonds. The van der Waals surface area contributed by atoms with Gasteiger partial charge in [0.1, 0.15) is 6.10 Å². The summed E-state index contributed by atoms with van der Waals surface area (Å²) >= 11 is 0. The van der Waals surface area contributed by atoms with E-state index in [0.717, 1.165) is 5.56 Å². The zero-order valence-electron chi connectivity index (χ0n) is 16.2. The molecule has 1 aromatic carbocycles. The maximum atomic E-state index is 11.5. The molecular formula is C19H29O7. The predicted octanol–water partition coefficient (Wildman–Crippen LogP) is 2.65. The summed E-state index contributed by atoms with van der Waals surface area (Å²) in [5.74, 6) is 1.21. The lowest BCUT2D eigenvalue weighted by atomic mass is 10.0. The van der Waals surface area contributed by atoms with Gasteiger partial charge < -0.3 is 18.9 Å². The fourth-order valence-electron chi connectivity index (χ4n) is 2.36. The van der Waals surface area contributed by atoms with Crippen LogP contribution in [-0.2, 0) is 25.9 Å². The molecule has 0 aliphatic carbocycles. The molecule has 0 fully saturated rings. The van der Waals surface area contributed by atoms with Crippen molar-refractivity contribution in [3.63, 3.8) is 0 Å². The van der Waals surface area contributed by atoms with E-state index in [1.165, 1.54) is 0 Å². The van der Waals surface area contributed by atoms with Gasteiger partial charge in [-0.3, -0.25) is 9.59 Å². The minimum absolute atomic E-state index is 0. The third-order valence-corrected chi connectivity index (χ3v) is 3.46. The molecule has 0 aromatic heterocycles. The predicted molar refractivity (Wildman–Crippen MR) is 96.7 cm³/mol. The van der Waals surface area contributed by atoms with E-state index in [4.69, 9.17) is 24.1 Å². The minimum Gasteiger partial charge on any atom is -0.493 e. The van der Waals surface area contributed by atoms with E-state index in [1.54, 1.807) is 35.2 Å². The zero-order valence-corrected chi connectivity index (χ0v) is 16.2. The fraction of sp³-hybridized carbons (Fsp3) is 0.579. The molecule has 0 aliphatic heterocycles. The highest BCUT2D eigenvalue weighted by atomic mass is 16.5. The van der Waals surface area contributed by atoms with E-state index in [9.17, 15) is 9.59 Å². The molecule has 1 rings (SSSR count). The van der Waals surface area contributed by atoms with E-state index < -0.39 is 11.9 Å². The van der Waals surface area contributed by atoms with E-state index in [-0.39, 0.29) is 6.61 Å². The summed E-state index contributed by atoms with van der Waals surface area (Å²) in [6.45, 7) is 3.76. The second-order valence-corrected chi connectivity index (χ2v) is 5.18. The van der Waals surface area contributed by atoms with E-state index in [2.05, 4.69) is 0 Å². The summed E-state index contributed by atoms with van der Waals surface area (Å²) in [6, 6.07) is 3.75. The molecule has 147 valence electrons. The number of aryl methyl sites for hydroxylation is 1. The monoisotopic (exact) mass is 369 g/mol. The van der Waals surface area contributed by atoms with E-state index in [0.29, 0.717) is 49.4 Å². The number of rotatable bonds is 11. The molecule has 7 nitrogen and oxygen atoms in total. The van der Waals surface area contributed by atoms with Crippen molar-refractivity contribution in [3.05, 3.63) is 17.7 Å². The normalized spacial score (nSPS) is 11.0. The van der Waals surface area contributed by atoms with Crippen LogP contribution in [0.3, 0.4) is 0 Å². The number of benzene rings is 1. The maximum Gasteiger partial charge on any atom is 0.223 e. The van der Waals surface area contributed by atoms with Crippen LogP contribution >= 0.6 is 0 Å². The van der Waals surface area contributed by atoms with Gasteiger partial charge in [0.05, 0.1) is 27.9 Å². The Morgan fingerprint density at radius 1 is 1.08 bits per heavy atom. The van der Waals surface area contributed by atoms with Crippen LogP contribution in [0.2, 0.25) is 0 Å². The van der Waals surface area contributed by atoms with Gasteiger partial charge in [-0.25, -0.2) is 5.11 Å². The standard InChI is InChI=1S/C17H24O6.C2H5O/c1-5-23-14(13(19)11-18)8-6-7-12-9-15(20-2)17(22-4)16(10-12)21-3;1-2-3/h9-11,14H,5-8H2,1-4H3;2H2,1H3. The summed E-state index contributed by atoms with van der Waals surface area (Å²) in [7, 11) is 4.68. The summed E-state index contributed by atoms with van der Waals surface area (Å²) in [5, 5.41) is 8.93. The first-order valence-electron chi connectivity index (χ1n) is 8.50. The Bertz CT molecular complexity index is 518. The minimum atomic E-state index is -0.667. The number of hydrogen-bond acceptors (Lipinski definition) is 6. The van der Waals surface area contributed by atoms with Crippen LogP contribution < -0.4 is 14.2 Å². The highest BCUT2D eigenvalue weighted by molar-refractivity contribution is 6.27. The number of ketones is 1. The lowest BCUT2D eigenvalue weighted by Gasteiger charge is -2.15. The maximum absolute atomic E-state index is 11.5. The number of ether oxygens (including phenoxy) is 4. The lowest BCUT2D eigenvalue weighted by Crippen LogP contribution is -2.25. The third-order valence-electron chi connectivity index (χ3n) is 3.46. The number of carbonyl (C=O) groups excluding carboxylic acids is 2. The summed E-state index contributed by atoms with van der Waals surface area (Å²) < 4.78 is 21.2. The lowest BCUT2D eigenvalue weighted by molar-refractivity contribution is -0.138. The Morgan fingerprint density at radius 3 is 2.00 bits per heavy atom. The molecular weight excluding hydrogens is 340 g/mol. The van der Waals surface area contributed by atoms with Crippen LogP contribution in [0.4, 0.5) is 0 Å². The number of methoxy groups -OCH3 is 3. The molecule has 0 saturated carbocycles. The number of aldehydes is 1. The van der Waals surface area contributed by atoms with Crippen LogP contribution in [0, 0.1) is 0 Å². The molecule has 1 radical (unpaired) electrons. The Labute approximate surface area is 155 Å². The van der Waals surface area contributed by atoms with Crippen LogP contribution in [-0.4, -0.2) is 52.7 Å². The summed E-state index contributed by atoms with van der Waals surface area (Å²) in [6.07, 6.45) is 1.54. The Hall–Kier alpha value is -2.12. The molecule has 0 spiro atoms. The van der Waals surface area contributed by atoms with Crippen molar-refractivity contribution in [2.24, 2.45) is 0 Å². The molecule has 0 aliphatic rings. The number of Topliss-reactive ketones (excluding diaryl/α,β-unsaturated/α-hetero) is 1. The number of carbonyl (C=O) groups is 2. The van der Waals surface area contributed by atoms with Crippen molar-refractivity contribution in [2.45, 2.75) is 39.2 Å². The largest absolute Gasteiger partial charge is 0.493 e. The third kappa shape index (κ3) is 7.84. The first kappa shape index (κ1) is 23.9. The van der Waals surface area contributed by atoms with Gasteiger partial charge in [-0.1, -0.05) is 0 Å². The average molecular weight is 369 g/mol. The van der Waals surface area contributed by atoms with Gasteiger partial charge in [-0.2, -0.15) is 0 Å². The zero-order chi connectivity index (χ0) is 19.9. The van der Waals surface area contributed by atoms with Crippen molar-refractivity contribution in [3.8, 4) is 17.2 Å². The molecule has 0 heterocycles. The van der Waals surface area contributed by atoms with Crippen LogP contribution in [0.1, 0.15) is 32.3 Å². The second kappa shape index (κ2) is 14.1. The first-order valence-corrected chi connectivity index (χ1v) is 8.50. The average Bonchev–Trinajstić information content (AvgIpc) is 2.66. The smallest absolute Gasteiger partial charge is 0.223 e. The van der Waals surface area contributed by atoms with Gasteiger partial charge in [0.25, 0.3) is 0 Å². The molecule has 1 atom stereocenters. The Balaban J connectivity index is 0.00000194. The first-order chi connectivity index (χ1) is 12.5. The van der Waals surface area contributed by atoms with Gasteiger partial charge in [0.2, 0.25) is 11.5 Å². The van der Waals surface area contributed by atoms with Crippen molar-refractivity contribution >= 4 is 12.1 Å². The van der Waals surface area contributed by atoms with Gasteiger partial charge in [-0.15, -0.1) is 0 Å². The van der Waals surface area contributed by atoms with Gasteiger partial charge in [0, 0.05) is 6.61 Å². The van der Waals surface area contributed by atoms with Crippen molar-refractivity contribution in [1.82, 2.24) is 0 Å². The van der Waals surface area contributed by atoms with Crippen molar-refractivity contribution in [2.75, 3.05) is 34.5 Å². The van der Waals surface area contributed by atoms with Crippen molar-refractivity contribution < 1.29 is 33.6 Å². The van der Waals surface area contributed by atoms with Crippen LogP contribution in [0.25, 0.3) is 0 Å². The molecule has 1 aromatic rings. The quantitative estimate of drug-likeness (QED) is 0.440. The topological polar surface area (TPSA) is 91.0 Å². The highest BCUT2D eigenvalue weighted by Gasteiger charge is 2.18. The molecule has 0 bridgehead atoms. The summed E-state index contributed by atoms with van der Waals surface area (Å²) in [4.78, 5) is 22.1. The Morgan fingerprint density at radius 2 is 1.62 bits per heavy atom. The van der Waals surface area contributed by atoms with Crippen LogP contribution in [0.5, 0.6) is 17.2 Å². The highest BCUT2D eigenvalue weighted by Crippen LogP contribution is 2.38. The molecule has 0 saturated heterocycles. The van der Waals surface area contributed by atoms with E-state index in [1.807, 2.05) is 12.1 Å². The van der Waals surface area contributed by atoms with Gasteiger partial charge in [-0.05, 0) is 50.8 Å².